The summed E-state index contributed by atoms with van der Waals surface area (Å²) in [5, 5.41) is 3.65. The third-order valence-corrected chi connectivity index (χ3v) is 6.65. The lowest BCUT2D eigenvalue weighted by Crippen LogP contribution is -2.16. The molecule has 1 aliphatic rings. The number of rotatable bonds is 20. The van der Waals surface area contributed by atoms with Crippen molar-refractivity contribution in [3.63, 3.8) is 0 Å². The van der Waals surface area contributed by atoms with Gasteiger partial charge in [-0.2, -0.15) is 0 Å². The zero-order chi connectivity index (χ0) is 19.3. The predicted octanol–water partition coefficient (Wildman–Crippen LogP) is 8.81. The first-order valence-corrected chi connectivity index (χ1v) is 13.1. The van der Waals surface area contributed by atoms with E-state index in [2.05, 4.69) is 12.2 Å². The smallest absolute Gasteiger partial charge is 0.00489 e. The molecule has 0 radical (unpaired) electrons. The molecule has 1 heteroatoms. The topological polar surface area (TPSA) is 12.0 Å². The van der Waals surface area contributed by atoms with Crippen molar-refractivity contribution in [3.05, 3.63) is 0 Å². The van der Waals surface area contributed by atoms with Gasteiger partial charge < -0.3 is 5.32 Å². The number of hydrogen-bond acceptors (Lipinski definition) is 1. The van der Waals surface area contributed by atoms with Crippen molar-refractivity contribution in [1.29, 1.82) is 0 Å². The van der Waals surface area contributed by atoms with Crippen molar-refractivity contribution < 1.29 is 0 Å². The van der Waals surface area contributed by atoms with Crippen LogP contribution in [0, 0.1) is 5.92 Å². The molecule has 1 rings (SSSR count). The Morgan fingerprint density at radius 2 is 0.963 bits per heavy atom. The van der Waals surface area contributed by atoms with E-state index >= 15 is 0 Å². The van der Waals surface area contributed by atoms with Gasteiger partial charge >= 0.3 is 0 Å². The van der Waals surface area contributed by atoms with Crippen molar-refractivity contribution in [2.45, 2.75) is 148 Å². The van der Waals surface area contributed by atoms with Crippen molar-refractivity contribution in [2.24, 2.45) is 5.92 Å². The van der Waals surface area contributed by atoms with Crippen LogP contribution in [0.5, 0.6) is 0 Å². The van der Waals surface area contributed by atoms with Crippen LogP contribution in [-0.2, 0) is 0 Å². The highest BCUT2D eigenvalue weighted by Crippen LogP contribution is 2.28. The highest BCUT2D eigenvalue weighted by molar-refractivity contribution is 4.65. The van der Waals surface area contributed by atoms with Crippen molar-refractivity contribution in [1.82, 2.24) is 5.32 Å². The lowest BCUT2D eigenvalue weighted by Gasteiger charge is -2.21. The van der Waals surface area contributed by atoms with Crippen LogP contribution in [-0.4, -0.2) is 13.1 Å². The molecular weight excluding hydrogens is 326 g/mol. The van der Waals surface area contributed by atoms with Crippen LogP contribution < -0.4 is 5.32 Å². The summed E-state index contributed by atoms with van der Waals surface area (Å²) >= 11 is 0. The molecule has 0 aromatic rings. The number of hydrogen-bond donors (Lipinski definition) is 1. The summed E-state index contributed by atoms with van der Waals surface area (Å²) in [6.07, 6.45) is 32.3. The highest BCUT2D eigenvalue weighted by atomic mass is 14.8. The van der Waals surface area contributed by atoms with Crippen molar-refractivity contribution in [3.8, 4) is 0 Å². The van der Waals surface area contributed by atoms with Crippen LogP contribution in [0.15, 0.2) is 0 Å². The third-order valence-electron chi connectivity index (χ3n) is 6.65. The highest BCUT2D eigenvalue weighted by Gasteiger charge is 2.12. The molecule has 0 heterocycles. The summed E-state index contributed by atoms with van der Waals surface area (Å²) in [6, 6.07) is 0. The molecule has 0 aromatic carbocycles. The van der Waals surface area contributed by atoms with Gasteiger partial charge in [-0.05, 0) is 31.8 Å². The largest absolute Gasteiger partial charge is 0.317 e. The molecule has 1 fully saturated rings. The Bertz CT molecular complexity index is 269. The quantitative estimate of drug-likeness (QED) is 0.208. The SMILES string of the molecule is CCCCCCCCCCNCCCCCCCCCCC1CCCCC1. The second kappa shape index (κ2) is 20.7. The summed E-state index contributed by atoms with van der Waals surface area (Å²) < 4.78 is 0. The molecule has 0 unspecified atom stereocenters. The van der Waals surface area contributed by atoms with Gasteiger partial charge in [0.2, 0.25) is 0 Å². The fourth-order valence-corrected chi connectivity index (χ4v) is 4.73. The Kier molecular flexibility index (Phi) is 19.2. The molecule has 27 heavy (non-hydrogen) atoms. The molecule has 0 atom stereocenters. The van der Waals surface area contributed by atoms with Gasteiger partial charge in [0, 0.05) is 0 Å². The first kappa shape index (κ1) is 25.0. The van der Waals surface area contributed by atoms with Gasteiger partial charge in [0.1, 0.15) is 0 Å². The minimum Gasteiger partial charge on any atom is -0.317 e. The average molecular weight is 380 g/mol. The Labute approximate surface area is 172 Å². The summed E-state index contributed by atoms with van der Waals surface area (Å²) in [7, 11) is 0. The number of unbranched alkanes of at least 4 members (excludes halogenated alkanes) is 14. The van der Waals surface area contributed by atoms with E-state index in [-0.39, 0.29) is 0 Å². The van der Waals surface area contributed by atoms with Gasteiger partial charge in [-0.3, -0.25) is 0 Å². The minimum absolute atomic E-state index is 1.09. The van der Waals surface area contributed by atoms with E-state index in [9.17, 15) is 0 Å². The van der Waals surface area contributed by atoms with Gasteiger partial charge in [-0.15, -0.1) is 0 Å². The second-order valence-electron chi connectivity index (χ2n) is 9.35. The van der Waals surface area contributed by atoms with Gasteiger partial charge in [-0.1, -0.05) is 135 Å². The predicted molar refractivity (Wildman–Crippen MR) is 124 cm³/mol. The molecule has 1 aliphatic carbocycles. The maximum Gasteiger partial charge on any atom is -0.00489 e. The standard InChI is InChI=1S/C26H53N/c1-2-3-4-5-6-10-13-19-24-27-25-20-14-11-8-7-9-12-16-21-26-22-17-15-18-23-26/h26-27H,2-25H2,1H3. The molecule has 0 spiro atoms. The van der Waals surface area contributed by atoms with E-state index in [4.69, 9.17) is 0 Å². The molecular formula is C26H53N. The zero-order valence-electron chi connectivity index (χ0n) is 19.0. The van der Waals surface area contributed by atoms with Crippen molar-refractivity contribution >= 4 is 0 Å². The minimum atomic E-state index is 1.09. The second-order valence-corrected chi connectivity index (χ2v) is 9.35. The lowest BCUT2D eigenvalue weighted by atomic mass is 9.85. The Balaban J connectivity index is 1.64. The van der Waals surface area contributed by atoms with E-state index in [1.165, 1.54) is 154 Å². The normalized spacial score (nSPS) is 15.4. The molecule has 162 valence electrons. The lowest BCUT2D eigenvalue weighted by molar-refractivity contribution is 0.328. The molecule has 0 bridgehead atoms. The van der Waals surface area contributed by atoms with Gasteiger partial charge in [-0.25, -0.2) is 0 Å². The van der Waals surface area contributed by atoms with E-state index in [1.807, 2.05) is 0 Å². The first-order valence-electron chi connectivity index (χ1n) is 13.1. The Morgan fingerprint density at radius 3 is 1.48 bits per heavy atom. The molecule has 0 amide bonds. The van der Waals surface area contributed by atoms with E-state index in [1.54, 1.807) is 0 Å². The van der Waals surface area contributed by atoms with Crippen LogP contribution in [0.1, 0.15) is 148 Å². The fraction of sp³-hybridized carbons (Fsp3) is 1.00. The van der Waals surface area contributed by atoms with Crippen molar-refractivity contribution in [2.75, 3.05) is 13.1 Å². The number of nitrogens with one attached hydrogen (secondary N) is 1. The fourth-order valence-electron chi connectivity index (χ4n) is 4.73. The van der Waals surface area contributed by atoms with Gasteiger partial charge in [0.25, 0.3) is 0 Å². The maximum absolute atomic E-state index is 3.65. The van der Waals surface area contributed by atoms with Gasteiger partial charge in [0.05, 0.1) is 0 Å². The van der Waals surface area contributed by atoms with E-state index < -0.39 is 0 Å². The van der Waals surface area contributed by atoms with Crippen LogP contribution in [0.25, 0.3) is 0 Å². The van der Waals surface area contributed by atoms with E-state index in [0.29, 0.717) is 0 Å². The van der Waals surface area contributed by atoms with E-state index in [0.717, 1.165) is 5.92 Å². The summed E-state index contributed by atoms with van der Waals surface area (Å²) in [5.74, 6) is 1.09. The summed E-state index contributed by atoms with van der Waals surface area (Å²) in [5.41, 5.74) is 0. The maximum atomic E-state index is 3.65. The average Bonchev–Trinajstić information content (AvgIpc) is 2.70. The Hall–Kier alpha value is -0.0400. The molecule has 0 saturated heterocycles. The molecule has 1 saturated carbocycles. The summed E-state index contributed by atoms with van der Waals surface area (Å²) in [4.78, 5) is 0. The Morgan fingerprint density at radius 1 is 0.519 bits per heavy atom. The monoisotopic (exact) mass is 379 g/mol. The molecule has 1 N–H and O–H groups in total. The van der Waals surface area contributed by atoms with Gasteiger partial charge in [0.15, 0.2) is 0 Å². The van der Waals surface area contributed by atoms with Crippen LogP contribution in [0.4, 0.5) is 0 Å². The molecule has 0 aliphatic heterocycles. The zero-order valence-corrected chi connectivity index (χ0v) is 19.0. The summed E-state index contributed by atoms with van der Waals surface area (Å²) in [6.45, 7) is 4.79. The third kappa shape index (κ3) is 17.8. The van der Waals surface area contributed by atoms with Crippen LogP contribution in [0.3, 0.4) is 0 Å². The van der Waals surface area contributed by atoms with Crippen LogP contribution >= 0.6 is 0 Å². The molecule has 0 aromatic heterocycles. The molecule has 1 nitrogen and oxygen atoms in total. The first-order chi connectivity index (χ1) is 13.4. The van der Waals surface area contributed by atoms with Crippen LogP contribution in [0.2, 0.25) is 0 Å².